The summed E-state index contributed by atoms with van der Waals surface area (Å²) in [6.45, 7) is 4.01. The van der Waals surface area contributed by atoms with Gasteiger partial charge in [-0.25, -0.2) is 0 Å². The van der Waals surface area contributed by atoms with Crippen LogP contribution in [-0.4, -0.2) is 34.5 Å². The molecule has 0 spiro atoms. The highest BCUT2D eigenvalue weighted by atomic mass is 35.5. The molecule has 0 bridgehead atoms. The lowest BCUT2D eigenvalue weighted by atomic mass is 9.97. The van der Waals surface area contributed by atoms with Crippen molar-refractivity contribution in [2.24, 2.45) is 14.1 Å². The molecule has 0 N–H and O–H groups in total. The van der Waals surface area contributed by atoms with E-state index in [4.69, 9.17) is 33.0 Å². The minimum Gasteiger partial charge on any atom is -0.375 e. The average Bonchev–Trinajstić information content (AvgIpc) is 3.29. The maximum atomic E-state index is 6.55. The SMILES string of the molecule is CCOCc1cc(-c2ccc3c(c2)c2c(n3C)N(C)CC(c3ccc(Cl)cc3Cl)=C2)nn1C. The first-order chi connectivity index (χ1) is 15.9. The first-order valence-electron chi connectivity index (χ1n) is 11.0. The molecule has 2 aromatic carbocycles. The number of likely N-dealkylation sites (N-methyl/N-ethyl adjacent to an activating group) is 1. The van der Waals surface area contributed by atoms with Crippen molar-refractivity contribution in [3.8, 4) is 11.3 Å². The van der Waals surface area contributed by atoms with Crippen LogP contribution in [0.2, 0.25) is 10.0 Å². The molecule has 0 radical (unpaired) electrons. The maximum absolute atomic E-state index is 6.55. The predicted molar refractivity (Wildman–Crippen MR) is 138 cm³/mol. The number of rotatable bonds is 5. The average molecular weight is 481 g/mol. The second kappa shape index (κ2) is 8.56. The molecule has 3 heterocycles. The van der Waals surface area contributed by atoms with E-state index < -0.39 is 0 Å². The van der Waals surface area contributed by atoms with Crippen LogP contribution >= 0.6 is 23.2 Å². The van der Waals surface area contributed by atoms with Crippen molar-refractivity contribution >= 4 is 51.6 Å². The molecule has 170 valence electrons. The second-order valence-electron chi connectivity index (χ2n) is 8.46. The van der Waals surface area contributed by atoms with Gasteiger partial charge in [0.2, 0.25) is 0 Å². The zero-order chi connectivity index (χ0) is 23.3. The Kier molecular flexibility index (Phi) is 5.73. The van der Waals surface area contributed by atoms with Crippen LogP contribution in [0.5, 0.6) is 0 Å². The Morgan fingerprint density at radius 2 is 1.85 bits per heavy atom. The van der Waals surface area contributed by atoms with Gasteiger partial charge in [0.25, 0.3) is 0 Å². The third-order valence-corrected chi connectivity index (χ3v) is 6.85. The minimum atomic E-state index is 0.557. The van der Waals surface area contributed by atoms with E-state index in [1.807, 2.05) is 30.8 Å². The highest BCUT2D eigenvalue weighted by Crippen LogP contribution is 2.41. The molecule has 4 aromatic rings. The zero-order valence-corrected chi connectivity index (χ0v) is 20.7. The molecular weight excluding hydrogens is 455 g/mol. The van der Waals surface area contributed by atoms with E-state index in [2.05, 4.69) is 53.9 Å². The maximum Gasteiger partial charge on any atom is 0.116 e. The quantitative estimate of drug-likeness (QED) is 0.330. The van der Waals surface area contributed by atoms with E-state index in [1.165, 1.54) is 27.9 Å². The highest BCUT2D eigenvalue weighted by molar-refractivity contribution is 6.36. The summed E-state index contributed by atoms with van der Waals surface area (Å²) in [5.74, 6) is 1.19. The Morgan fingerprint density at radius 3 is 2.61 bits per heavy atom. The highest BCUT2D eigenvalue weighted by Gasteiger charge is 2.24. The number of anilines is 1. The molecule has 5 rings (SSSR count). The summed E-state index contributed by atoms with van der Waals surface area (Å²) in [6, 6.07) is 14.3. The van der Waals surface area contributed by atoms with Gasteiger partial charge in [-0.05, 0) is 54.5 Å². The molecule has 0 amide bonds. The van der Waals surface area contributed by atoms with Gasteiger partial charge in [-0.1, -0.05) is 35.3 Å². The first kappa shape index (κ1) is 22.1. The summed E-state index contributed by atoms with van der Waals surface area (Å²) in [4.78, 5) is 2.27. The van der Waals surface area contributed by atoms with E-state index in [0.29, 0.717) is 23.3 Å². The van der Waals surface area contributed by atoms with Crippen LogP contribution in [0.4, 0.5) is 5.82 Å². The number of nitrogens with zero attached hydrogens (tertiary/aromatic N) is 4. The lowest BCUT2D eigenvalue weighted by Gasteiger charge is -2.27. The summed E-state index contributed by atoms with van der Waals surface area (Å²) in [5, 5.41) is 7.23. The number of hydrogen-bond acceptors (Lipinski definition) is 3. The van der Waals surface area contributed by atoms with Crippen LogP contribution in [0.15, 0.2) is 42.5 Å². The number of benzene rings is 2. The minimum absolute atomic E-state index is 0.557. The largest absolute Gasteiger partial charge is 0.375 e. The molecular formula is C26H26Cl2N4O. The molecule has 0 aliphatic carbocycles. The lowest BCUT2D eigenvalue weighted by Crippen LogP contribution is -2.25. The molecule has 1 aliphatic heterocycles. The van der Waals surface area contributed by atoms with Crippen molar-refractivity contribution < 1.29 is 4.74 Å². The van der Waals surface area contributed by atoms with Crippen molar-refractivity contribution in [3.05, 3.63) is 69.3 Å². The molecule has 0 fully saturated rings. The van der Waals surface area contributed by atoms with E-state index in [0.717, 1.165) is 29.1 Å². The van der Waals surface area contributed by atoms with Crippen LogP contribution in [0.3, 0.4) is 0 Å². The predicted octanol–water partition coefficient (Wildman–Crippen LogP) is 6.41. The third kappa shape index (κ3) is 3.84. The number of hydrogen-bond donors (Lipinski definition) is 0. The number of halogens is 2. The Morgan fingerprint density at radius 1 is 1.03 bits per heavy atom. The smallest absolute Gasteiger partial charge is 0.116 e. The van der Waals surface area contributed by atoms with Crippen LogP contribution < -0.4 is 4.90 Å². The second-order valence-corrected chi connectivity index (χ2v) is 9.30. The zero-order valence-electron chi connectivity index (χ0n) is 19.2. The molecule has 2 aromatic heterocycles. The summed E-state index contributed by atoms with van der Waals surface area (Å²) in [7, 11) is 6.20. The van der Waals surface area contributed by atoms with Gasteiger partial charge in [0.15, 0.2) is 0 Å². The van der Waals surface area contributed by atoms with E-state index in [-0.39, 0.29) is 0 Å². The van der Waals surface area contributed by atoms with Crippen LogP contribution in [-0.2, 0) is 25.4 Å². The van der Waals surface area contributed by atoms with Crippen molar-refractivity contribution in [1.82, 2.24) is 14.3 Å². The molecule has 5 nitrogen and oxygen atoms in total. The van der Waals surface area contributed by atoms with E-state index in [1.54, 1.807) is 6.07 Å². The fraction of sp³-hybridized carbons (Fsp3) is 0.269. The van der Waals surface area contributed by atoms with Gasteiger partial charge in [-0.15, -0.1) is 0 Å². The van der Waals surface area contributed by atoms with Gasteiger partial charge >= 0.3 is 0 Å². The van der Waals surface area contributed by atoms with Gasteiger partial charge < -0.3 is 14.2 Å². The fourth-order valence-electron chi connectivity index (χ4n) is 4.67. The van der Waals surface area contributed by atoms with Crippen LogP contribution in [0, 0.1) is 0 Å². The molecule has 0 unspecified atom stereocenters. The van der Waals surface area contributed by atoms with Crippen LogP contribution in [0.25, 0.3) is 33.8 Å². The van der Waals surface area contributed by atoms with Crippen molar-refractivity contribution in [2.75, 3.05) is 25.1 Å². The number of aromatic nitrogens is 3. The van der Waals surface area contributed by atoms with Gasteiger partial charge in [0.1, 0.15) is 5.82 Å². The third-order valence-electron chi connectivity index (χ3n) is 6.30. The summed E-state index contributed by atoms with van der Waals surface area (Å²) >= 11 is 12.7. The number of fused-ring (bicyclic) bond motifs is 3. The van der Waals surface area contributed by atoms with Gasteiger partial charge in [-0.3, -0.25) is 4.68 Å². The first-order valence-corrected chi connectivity index (χ1v) is 11.7. The van der Waals surface area contributed by atoms with Crippen molar-refractivity contribution in [3.63, 3.8) is 0 Å². The normalized spacial score (nSPS) is 13.5. The topological polar surface area (TPSA) is 35.2 Å². The van der Waals surface area contributed by atoms with Gasteiger partial charge in [0.05, 0.1) is 23.5 Å². The number of ether oxygens (including phenoxy) is 1. The van der Waals surface area contributed by atoms with E-state index in [9.17, 15) is 0 Å². The molecule has 7 heteroatoms. The van der Waals surface area contributed by atoms with Gasteiger partial charge in [-0.2, -0.15) is 5.10 Å². The molecule has 0 saturated carbocycles. The fourth-order valence-corrected chi connectivity index (χ4v) is 5.20. The Hall–Kier alpha value is -2.73. The molecule has 0 atom stereocenters. The Labute approximate surface area is 203 Å². The van der Waals surface area contributed by atoms with E-state index >= 15 is 0 Å². The lowest BCUT2D eigenvalue weighted by molar-refractivity contribution is 0.128. The molecule has 0 saturated heterocycles. The Bertz CT molecular complexity index is 1400. The number of aryl methyl sites for hydroxylation is 2. The van der Waals surface area contributed by atoms with Gasteiger partial charge in [0, 0.05) is 60.9 Å². The Balaban J connectivity index is 1.64. The molecule has 1 aliphatic rings. The summed E-state index contributed by atoms with van der Waals surface area (Å²) in [6.07, 6.45) is 2.26. The summed E-state index contributed by atoms with van der Waals surface area (Å²) in [5.41, 5.74) is 7.64. The molecule has 33 heavy (non-hydrogen) atoms. The monoisotopic (exact) mass is 480 g/mol. The standard InChI is InChI=1S/C26H26Cl2N4O/c1-5-33-15-19-13-24(29-32(19)4)16-6-9-25-21(10-16)22-11-17(14-30(2)26(22)31(25)3)20-8-7-18(27)12-23(20)28/h6-13H,5,14-15H2,1-4H3. The van der Waals surface area contributed by atoms with Crippen molar-refractivity contribution in [1.29, 1.82) is 0 Å². The summed E-state index contributed by atoms with van der Waals surface area (Å²) < 4.78 is 9.73. The van der Waals surface area contributed by atoms with Crippen molar-refractivity contribution in [2.45, 2.75) is 13.5 Å². The van der Waals surface area contributed by atoms with Crippen LogP contribution in [0.1, 0.15) is 23.7 Å².